The Morgan fingerprint density at radius 1 is 1.33 bits per heavy atom. The fourth-order valence-corrected chi connectivity index (χ4v) is 3.83. The van der Waals surface area contributed by atoms with Gasteiger partial charge >= 0.3 is 5.97 Å². The van der Waals surface area contributed by atoms with Gasteiger partial charge in [-0.2, -0.15) is 0 Å². The number of hydrogen-bond acceptors (Lipinski definition) is 4. The molecular formula is C15H14N2O3S. The number of aromatic carboxylic acids is 1. The first kappa shape index (κ1) is 13.8. The van der Waals surface area contributed by atoms with Gasteiger partial charge in [0, 0.05) is 10.6 Å². The van der Waals surface area contributed by atoms with Crippen LogP contribution in [0.1, 0.15) is 43.4 Å². The van der Waals surface area contributed by atoms with Crippen molar-refractivity contribution in [3.63, 3.8) is 0 Å². The second kappa shape index (κ2) is 5.29. The van der Waals surface area contributed by atoms with E-state index in [1.165, 1.54) is 11.3 Å². The summed E-state index contributed by atoms with van der Waals surface area (Å²) in [6.45, 7) is 1.80. The Labute approximate surface area is 125 Å². The molecule has 108 valence electrons. The zero-order valence-electron chi connectivity index (χ0n) is 11.5. The quantitative estimate of drug-likeness (QED) is 0.913. The van der Waals surface area contributed by atoms with Gasteiger partial charge in [0.05, 0.1) is 5.56 Å². The van der Waals surface area contributed by atoms with Crippen LogP contribution in [0.15, 0.2) is 18.2 Å². The van der Waals surface area contributed by atoms with Crippen LogP contribution in [0.4, 0.5) is 5.00 Å². The fourth-order valence-electron chi connectivity index (χ4n) is 2.56. The largest absolute Gasteiger partial charge is 0.478 e. The second-order valence-corrected chi connectivity index (χ2v) is 6.09. The number of rotatable bonds is 3. The molecule has 1 aliphatic carbocycles. The normalized spacial score (nSPS) is 13.0. The first-order chi connectivity index (χ1) is 10.1. The molecule has 0 aromatic carbocycles. The molecular weight excluding hydrogens is 288 g/mol. The summed E-state index contributed by atoms with van der Waals surface area (Å²) < 4.78 is 0. The molecule has 2 aromatic rings. The van der Waals surface area contributed by atoms with Crippen LogP contribution in [0.3, 0.4) is 0 Å². The number of nitrogens with zero attached hydrogens (tertiary/aromatic N) is 1. The average molecular weight is 302 g/mol. The summed E-state index contributed by atoms with van der Waals surface area (Å²) in [6.07, 6.45) is 2.64. The zero-order chi connectivity index (χ0) is 15.0. The molecule has 6 heteroatoms. The van der Waals surface area contributed by atoms with Gasteiger partial charge in [0.25, 0.3) is 5.91 Å². The maximum Gasteiger partial charge on any atom is 0.339 e. The van der Waals surface area contributed by atoms with Crippen LogP contribution in [0.2, 0.25) is 0 Å². The molecule has 0 atom stereocenters. The molecule has 0 bridgehead atoms. The van der Waals surface area contributed by atoms with E-state index in [0.717, 1.165) is 35.4 Å². The fraction of sp³-hybridized carbons (Fsp3) is 0.267. The Morgan fingerprint density at radius 3 is 2.86 bits per heavy atom. The number of hydrogen-bond donors (Lipinski definition) is 2. The lowest BCUT2D eigenvalue weighted by molar-refractivity contribution is 0.0697. The lowest BCUT2D eigenvalue weighted by Crippen LogP contribution is -2.15. The number of amides is 1. The smallest absolute Gasteiger partial charge is 0.339 e. The van der Waals surface area contributed by atoms with E-state index < -0.39 is 5.97 Å². The molecule has 2 N–H and O–H groups in total. The highest BCUT2D eigenvalue weighted by Gasteiger charge is 2.27. The van der Waals surface area contributed by atoms with Crippen LogP contribution in [0, 0.1) is 6.92 Å². The molecule has 0 fully saturated rings. The van der Waals surface area contributed by atoms with Crippen molar-refractivity contribution in [1.29, 1.82) is 0 Å². The van der Waals surface area contributed by atoms with E-state index >= 15 is 0 Å². The number of aryl methyl sites for hydroxylation is 2. The van der Waals surface area contributed by atoms with Crippen molar-refractivity contribution in [2.45, 2.75) is 26.2 Å². The predicted octanol–water partition coefficient (Wildman–Crippen LogP) is 2.89. The third-order valence-corrected chi connectivity index (χ3v) is 4.69. The Hall–Kier alpha value is -2.21. The van der Waals surface area contributed by atoms with Crippen molar-refractivity contribution in [1.82, 2.24) is 4.98 Å². The van der Waals surface area contributed by atoms with Crippen LogP contribution < -0.4 is 5.32 Å². The highest BCUT2D eigenvalue weighted by Crippen LogP contribution is 2.39. The molecule has 1 aliphatic rings. The summed E-state index contributed by atoms with van der Waals surface area (Å²) in [5.41, 5.74) is 2.16. The van der Waals surface area contributed by atoms with Crippen LogP contribution in [-0.2, 0) is 12.8 Å². The average Bonchev–Trinajstić information content (AvgIpc) is 2.98. The summed E-state index contributed by atoms with van der Waals surface area (Å²) in [6, 6.07) is 5.17. The maximum atomic E-state index is 12.2. The SMILES string of the molecule is Cc1cccc(C(=O)Nc2sc3c(c2C(=O)O)CCC3)n1. The molecule has 21 heavy (non-hydrogen) atoms. The molecule has 0 saturated carbocycles. The van der Waals surface area contributed by atoms with Gasteiger partial charge in [-0.3, -0.25) is 4.79 Å². The van der Waals surface area contributed by atoms with Gasteiger partial charge in [0.1, 0.15) is 10.7 Å². The molecule has 1 amide bonds. The van der Waals surface area contributed by atoms with E-state index in [-0.39, 0.29) is 11.5 Å². The lowest BCUT2D eigenvalue weighted by atomic mass is 10.1. The number of aromatic nitrogens is 1. The Kier molecular flexibility index (Phi) is 3.47. The van der Waals surface area contributed by atoms with Crippen molar-refractivity contribution in [3.8, 4) is 0 Å². The number of fused-ring (bicyclic) bond motifs is 1. The van der Waals surface area contributed by atoms with Crippen LogP contribution >= 0.6 is 11.3 Å². The van der Waals surface area contributed by atoms with Crippen molar-refractivity contribution < 1.29 is 14.7 Å². The van der Waals surface area contributed by atoms with E-state index in [1.54, 1.807) is 25.1 Å². The Morgan fingerprint density at radius 2 is 2.14 bits per heavy atom. The Bertz CT molecular complexity index is 737. The Balaban J connectivity index is 1.92. The minimum Gasteiger partial charge on any atom is -0.478 e. The number of thiophene rings is 1. The van der Waals surface area contributed by atoms with Crippen molar-refractivity contribution in [2.75, 3.05) is 5.32 Å². The third kappa shape index (κ3) is 2.54. The van der Waals surface area contributed by atoms with Gasteiger partial charge in [0.15, 0.2) is 0 Å². The molecule has 2 aromatic heterocycles. The molecule has 0 spiro atoms. The number of anilines is 1. The highest BCUT2D eigenvalue weighted by atomic mass is 32.1. The first-order valence-corrected chi connectivity index (χ1v) is 7.50. The standard InChI is InChI=1S/C15H14N2O3S/c1-8-4-2-6-10(16-8)13(18)17-14-12(15(19)20)9-5-3-7-11(9)21-14/h2,4,6H,3,5,7H2,1H3,(H,17,18)(H,19,20). The lowest BCUT2D eigenvalue weighted by Gasteiger charge is -2.05. The summed E-state index contributed by atoms with van der Waals surface area (Å²) in [5.74, 6) is -1.36. The summed E-state index contributed by atoms with van der Waals surface area (Å²) in [7, 11) is 0. The van der Waals surface area contributed by atoms with Gasteiger partial charge < -0.3 is 10.4 Å². The maximum absolute atomic E-state index is 12.2. The summed E-state index contributed by atoms with van der Waals surface area (Å²) in [4.78, 5) is 28.9. The van der Waals surface area contributed by atoms with Crippen LogP contribution in [0.5, 0.6) is 0 Å². The molecule has 5 nitrogen and oxygen atoms in total. The van der Waals surface area contributed by atoms with Gasteiger partial charge in [-0.05, 0) is 43.9 Å². The monoisotopic (exact) mass is 302 g/mol. The highest BCUT2D eigenvalue weighted by molar-refractivity contribution is 7.17. The van der Waals surface area contributed by atoms with Gasteiger partial charge in [-0.15, -0.1) is 11.3 Å². The van der Waals surface area contributed by atoms with Crippen LogP contribution in [-0.4, -0.2) is 22.0 Å². The third-order valence-electron chi connectivity index (χ3n) is 3.48. The van der Waals surface area contributed by atoms with Crippen molar-refractivity contribution >= 4 is 28.2 Å². The number of pyridine rings is 1. The second-order valence-electron chi connectivity index (χ2n) is 4.98. The van der Waals surface area contributed by atoms with E-state index in [9.17, 15) is 14.7 Å². The van der Waals surface area contributed by atoms with Crippen molar-refractivity contribution in [2.24, 2.45) is 0 Å². The number of carboxylic acids is 1. The molecule has 3 rings (SSSR count). The minimum atomic E-state index is -0.984. The van der Waals surface area contributed by atoms with E-state index in [0.29, 0.717) is 10.7 Å². The van der Waals surface area contributed by atoms with Gasteiger partial charge in [-0.1, -0.05) is 6.07 Å². The van der Waals surface area contributed by atoms with E-state index in [1.807, 2.05) is 0 Å². The van der Waals surface area contributed by atoms with E-state index in [4.69, 9.17) is 0 Å². The summed E-state index contributed by atoms with van der Waals surface area (Å²) >= 11 is 1.36. The first-order valence-electron chi connectivity index (χ1n) is 6.69. The molecule has 0 unspecified atom stereocenters. The topological polar surface area (TPSA) is 79.3 Å². The van der Waals surface area contributed by atoms with Gasteiger partial charge in [0.2, 0.25) is 0 Å². The van der Waals surface area contributed by atoms with Crippen molar-refractivity contribution in [3.05, 3.63) is 45.6 Å². The van der Waals surface area contributed by atoms with Gasteiger partial charge in [-0.25, -0.2) is 9.78 Å². The minimum absolute atomic E-state index is 0.244. The number of carboxylic acid groups (broad SMARTS) is 1. The van der Waals surface area contributed by atoms with Crippen LogP contribution in [0.25, 0.3) is 0 Å². The number of carbonyl (C=O) groups is 2. The molecule has 0 radical (unpaired) electrons. The zero-order valence-corrected chi connectivity index (χ0v) is 12.3. The number of carbonyl (C=O) groups excluding carboxylic acids is 1. The van der Waals surface area contributed by atoms with E-state index in [2.05, 4.69) is 10.3 Å². The number of nitrogens with one attached hydrogen (secondary N) is 1. The molecule has 2 heterocycles. The molecule has 0 saturated heterocycles. The predicted molar refractivity (Wildman–Crippen MR) is 80.2 cm³/mol. The summed E-state index contributed by atoms with van der Waals surface area (Å²) in [5, 5.41) is 12.5. The molecule has 0 aliphatic heterocycles.